The molecule has 0 aromatic heterocycles. The lowest BCUT2D eigenvalue weighted by atomic mass is 10.1. The number of nitrogens with two attached hydrogens (primary N) is 1. The summed E-state index contributed by atoms with van der Waals surface area (Å²) in [6.45, 7) is 0. The molecule has 1 aromatic carbocycles. The van der Waals surface area contributed by atoms with E-state index >= 15 is 0 Å². The smallest absolute Gasteiger partial charge is 0.239 e. The van der Waals surface area contributed by atoms with Crippen LogP contribution in [0.3, 0.4) is 0 Å². The molecule has 1 unspecified atom stereocenters. The fourth-order valence-electron chi connectivity index (χ4n) is 1.16. The topological polar surface area (TPSA) is 55.1 Å². The lowest BCUT2D eigenvalue weighted by Gasteiger charge is -2.12. The predicted molar refractivity (Wildman–Crippen MR) is 52.4 cm³/mol. The van der Waals surface area contributed by atoms with Crippen LogP contribution in [0, 0.1) is 0 Å². The Labute approximate surface area is 81.9 Å². The third kappa shape index (κ3) is 2.44. The number of likely N-dealkylation sites (N-methyl/N-ethyl adjacent to an activating group) is 1. The Morgan fingerprint density at radius 1 is 1.62 bits per heavy atom. The van der Waals surface area contributed by atoms with E-state index in [1.54, 1.807) is 31.3 Å². The van der Waals surface area contributed by atoms with Gasteiger partial charge in [0.15, 0.2) is 0 Å². The Hall–Kier alpha value is -1.06. The third-order valence-corrected chi connectivity index (χ3v) is 1.99. The Balaban J connectivity index is 2.98. The fourth-order valence-corrected chi connectivity index (χ4v) is 1.36. The van der Waals surface area contributed by atoms with Crippen molar-refractivity contribution in [3.05, 3.63) is 34.9 Å². The number of hydrogen-bond donors (Lipinski definition) is 2. The molecule has 0 aliphatic rings. The summed E-state index contributed by atoms with van der Waals surface area (Å²) < 4.78 is 0. The minimum absolute atomic E-state index is 0.412. The number of halogens is 1. The second-order valence-corrected chi connectivity index (χ2v) is 3.12. The molecular weight excluding hydrogens is 188 g/mol. The molecule has 0 fully saturated rings. The van der Waals surface area contributed by atoms with Crippen molar-refractivity contribution in [3.8, 4) is 0 Å². The highest BCUT2D eigenvalue weighted by Gasteiger charge is 2.14. The van der Waals surface area contributed by atoms with Crippen molar-refractivity contribution in [2.24, 2.45) is 5.73 Å². The molecule has 0 saturated heterocycles. The average molecular weight is 199 g/mol. The van der Waals surface area contributed by atoms with Gasteiger partial charge in [0.1, 0.15) is 6.04 Å². The summed E-state index contributed by atoms with van der Waals surface area (Å²) in [7, 11) is 1.68. The van der Waals surface area contributed by atoms with E-state index < -0.39 is 11.9 Å². The van der Waals surface area contributed by atoms with Gasteiger partial charge in [0.2, 0.25) is 5.91 Å². The monoisotopic (exact) mass is 198 g/mol. The fraction of sp³-hybridized carbons (Fsp3) is 0.222. The summed E-state index contributed by atoms with van der Waals surface area (Å²) in [6.07, 6.45) is 0. The van der Waals surface area contributed by atoms with Crippen LogP contribution in [-0.2, 0) is 4.79 Å². The van der Waals surface area contributed by atoms with E-state index in [2.05, 4.69) is 5.32 Å². The summed E-state index contributed by atoms with van der Waals surface area (Å²) in [6, 6.07) is 6.58. The number of rotatable bonds is 3. The van der Waals surface area contributed by atoms with Crippen LogP contribution in [-0.4, -0.2) is 13.0 Å². The van der Waals surface area contributed by atoms with E-state index in [1.807, 2.05) is 0 Å². The van der Waals surface area contributed by atoms with Gasteiger partial charge in [-0.1, -0.05) is 23.7 Å². The maximum atomic E-state index is 11.0. The molecule has 3 N–H and O–H groups in total. The van der Waals surface area contributed by atoms with Crippen LogP contribution >= 0.6 is 11.6 Å². The second kappa shape index (κ2) is 4.25. The molecule has 3 nitrogen and oxygen atoms in total. The lowest BCUT2D eigenvalue weighted by Crippen LogP contribution is -2.31. The molecule has 0 aliphatic heterocycles. The van der Waals surface area contributed by atoms with E-state index in [1.165, 1.54) is 0 Å². The molecule has 13 heavy (non-hydrogen) atoms. The van der Waals surface area contributed by atoms with Crippen LogP contribution in [0.5, 0.6) is 0 Å². The largest absolute Gasteiger partial charge is 0.368 e. The normalized spacial score (nSPS) is 12.5. The first kappa shape index (κ1) is 10.0. The zero-order valence-corrected chi connectivity index (χ0v) is 8.01. The van der Waals surface area contributed by atoms with Gasteiger partial charge in [0.25, 0.3) is 0 Å². The number of carbonyl (C=O) groups is 1. The van der Waals surface area contributed by atoms with Gasteiger partial charge in [-0.05, 0) is 24.7 Å². The van der Waals surface area contributed by atoms with Gasteiger partial charge in [-0.2, -0.15) is 0 Å². The molecule has 0 radical (unpaired) electrons. The quantitative estimate of drug-likeness (QED) is 0.764. The Morgan fingerprint density at radius 2 is 2.31 bits per heavy atom. The van der Waals surface area contributed by atoms with Crippen molar-refractivity contribution < 1.29 is 4.79 Å². The molecule has 0 spiro atoms. The number of hydrogen-bond acceptors (Lipinski definition) is 2. The number of benzene rings is 1. The molecule has 0 saturated carbocycles. The highest BCUT2D eigenvalue weighted by atomic mass is 35.5. The van der Waals surface area contributed by atoms with Gasteiger partial charge >= 0.3 is 0 Å². The Bertz CT molecular complexity index is 314. The molecule has 4 heteroatoms. The summed E-state index contributed by atoms with van der Waals surface area (Å²) in [5, 5.41) is 3.41. The number of primary amides is 1. The number of amides is 1. The van der Waals surface area contributed by atoms with Crippen molar-refractivity contribution >= 4 is 17.5 Å². The number of carbonyl (C=O) groups excluding carboxylic acids is 1. The van der Waals surface area contributed by atoms with E-state index in [0.29, 0.717) is 5.02 Å². The number of nitrogens with one attached hydrogen (secondary N) is 1. The van der Waals surface area contributed by atoms with Crippen LogP contribution in [0.25, 0.3) is 0 Å². The van der Waals surface area contributed by atoms with E-state index in [9.17, 15) is 4.79 Å². The van der Waals surface area contributed by atoms with Crippen LogP contribution in [0.4, 0.5) is 0 Å². The highest BCUT2D eigenvalue weighted by Crippen LogP contribution is 2.16. The minimum Gasteiger partial charge on any atom is -0.368 e. The Kier molecular flexibility index (Phi) is 3.28. The highest BCUT2D eigenvalue weighted by molar-refractivity contribution is 6.30. The predicted octanol–water partition coefficient (Wildman–Crippen LogP) is 1.09. The molecule has 1 amide bonds. The van der Waals surface area contributed by atoms with Crippen molar-refractivity contribution in [2.45, 2.75) is 6.04 Å². The molecule has 70 valence electrons. The first-order chi connectivity index (χ1) is 6.15. The average Bonchev–Trinajstić information content (AvgIpc) is 2.04. The summed E-state index contributed by atoms with van der Waals surface area (Å²) >= 11 is 5.77. The summed E-state index contributed by atoms with van der Waals surface area (Å²) in [5.74, 6) is -0.412. The molecule has 1 aromatic rings. The van der Waals surface area contributed by atoms with Crippen LogP contribution in [0.1, 0.15) is 11.6 Å². The van der Waals surface area contributed by atoms with Gasteiger partial charge < -0.3 is 11.1 Å². The summed E-state index contributed by atoms with van der Waals surface area (Å²) in [4.78, 5) is 11.0. The third-order valence-electron chi connectivity index (χ3n) is 1.76. The second-order valence-electron chi connectivity index (χ2n) is 2.68. The van der Waals surface area contributed by atoms with Crippen molar-refractivity contribution in [3.63, 3.8) is 0 Å². The van der Waals surface area contributed by atoms with Gasteiger partial charge in [0.05, 0.1) is 0 Å². The minimum atomic E-state index is -0.473. The van der Waals surface area contributed by atoms with E-state index in [-0.39, 0.29) is 0 Å². The van der Waals surface area contributed by atoms with Crippen LogP contribution in [0.15, 0.2) is 24.3 Å². The molecular formula is C9H11ClN2O. The van der Waals surface area contributed by atoms with Crippen molar-refractivity contribution in [1.29, 1.82) is 0 Å². The zero-order chi connectivity index (χ0) is 9.84. The van der Waals surface area contributed by atoms with Crippen LogP contribution < -0.4 is 11.1 Å². The van der Waals surface area contributed by atoms with Gasteiger partial charge in [-0.15, -0.1) is 0 Å². The van der Waals surface area contributed by atoms with Crippen molar-refractivity contribution in [1.82, 2.24) is 5.32 Å². The molecule has 0 aliphatic carbocycles. The molecule has 0 bridgehead atoms. The van der Waals surface area contributed by atoms with E-state index in [4.69, 9.17) is 17.3 Å². The van der Waals surface area contributed by atoms with Gasteiger partial charge in [-0.25, -0.2) is 0 Å². The van der Waals surface area contributed by atoms with Crippen molar-refractivity contribution in [2.75, 3.05) is 7.05 Å². The Morgan fingerprint density at radius 3 is 2.77 bits per heavy atom. The standard InChI is InChI=1S/C9H11ClN2O/c1-12-8(9(11)13)6-3-2-4-7(10)5-6/h2-5,8,12H,1H3,(H2,11,13). The molecule has 0 heterocycles. The van der Waals surface area contributed by atoms with E-state index in [0.717, 1.165) is 5.56 Å². The van der Waals surface area contributed by atoms with Gasteiger partial charge in [-0.3, -0.25) is 4.79 Å². The zero-order valence-electron chi connectivity index (χ0n) is 7.25. The maximum absolute atomic E-state index is 11.0. The van der Waals surface area contributed by atoms with Crippen LogP contribution in [0.2, 0.25) is 5.02 Å². The lowest BCUT2D eigenvalue weighted by molar-refractivity contribution is -0.120. The summed E-state index contributed by atoms with van der Waals surface area (Å²) in [5.41, 5.74) is 5.96. The SMILES string of the molecule is CNC(C(N)=O)c1cccc(Cl)c1. The maximum Gasteiger partial charge on any atom is 0.239 e. The molecule has 1 atom stereocenters. The first-order valence-electron chi connectivity index (χ1n) is 3.87. The molecule has 1 rings (SSSR count). The van der Waals surface area contributed by atoms with Gasteiger partial charge in [0, 0.05) is 5.02 Å². The first-order valence-corrected chi connectivity index (χ1v) is 4.25.